The Balaban J connectivity index is 1.86. The largest absolute Gasteiger partial charge is 0.368 e. The molecule has 0 aliphatic heterocycles. The zero-order valence-electron chi connectivity index (χ0n) is 8.59. The fourth-order valence-corrected chi connectivity index (χ4v) is 1.31. The Morgan fingerprint density at radius 2 is 2.33 bits per heavy atom. The van der Waals surface area contributed by atoms with Crippen LogP contribution in [0.15, 0.2) is 30.7 Å². The van der Waals surface area contributed by atoms with Gasteiger partial charge < -0.3 is 5.32 Å². The summed E-state index contributed by atoms with van der Waals surface area (Å²) in [4.78, 5) is 4.24. The molecular weight excluding hydrogens is 190 g/mol. The zero-order chi connectivity index (χ0) is 10.5. The molecule has 0 radical (unpaired) electrons. The molecule has 1 N–H and O–H groups in total. The van der Waals surface area contributed by atoms with E-state index >= 15 is 0 Å². The smallest absolute Gasteiger partial charge is 0.128 e. The Hall–Kier alpha value is -1.91. The van der Waals surface area contributed by atoms with Gasteiger partial charge in [-0.25, -0.2) is 4.98 Å². The first kappa shape index (κ1) is 9.64. The third kappa shape index (κ3) is 2.52. The highest BCUT2D eigenvalue weighted by molar-refractivity contribution is 5.42. The molecule has 0 saturated carbocycles. The maximum Gasteiger partial charge on any atom is 0.128 e. The number of hydrogen-bond donors (Lipinski definition) is 1. The number of aromatic nitrogens is 4. The number of rotatable bonds is 4. The summed E-state index contributed by atoms with van der Waals surface area (Å²) in [6, 6.07) is 3.96. The Bertz CT molecular complexity index is 410. The summed E-state index contributed by atoms with van der Waals surface area (Å²) < 4.78 is 1.78. The quantitative estimate of drug-likeness (QED) is 0.808. The van der Waals surface area contributed by atoms with Crippen molar-refractivity contribution in [3.63, 3.8) is 0 Å². The standard InChI is InChI=1S/C10H13N5/c1-9-3-2-4-11-10(9)12-5-7-15-8-6-13-14-15/h2-4,6,8H,5,7H2,1H3,(H,11,12). The SMILES string of the molecule is Cc1cccnc1NCCn1ccnn1. The van der Waals surface area contributed by atoms with Gasteiger partial charge in [-0.2, -0.15) is 0 Å². The lowest BCUT2D eigenvalue weighted by Crippen LogP contribution is -2.12. The second-order valence-corrected chi connectivity index (χ2v) is 3.26. The minimum atomic E-state index is 0.788. The van der Waals surface area contributed by atoms with Crippen LogP contribution in [0.2, 0.25) is 0 Å². The first-order valence-corrected chi connectivity index (χ1v) is 4.86. The van der Waals surface area contributed by atoms with Gasteiger partial charge in [0, 0.05) is 18.9 Å². The van der Waals surface area contributed by atoms with Crippen LogP contribution in [0.5, 0.6) is 0 Å². The lowest BCUT2D eigenvalue weighted by atomic mass is 10.3. The summed E-state index contributed by atoms with van der Waals surface area (Å²) in [5.41, 5.74) is 1.15. The summed E-state index contributed by atoms with van der Waals surface area (Å²) >= 11 is 0. The van der Waals surface area contributed by atoms with Crippen LogP contribution >= 0.6 is 0 Å². The van der Waals surface area contributed by atoms with Crippen molar-refractivity contribution in [2.24, 2.45) is 0 Å². The van der Waals surface area contributed by atoms with Crippen molar-refractivity contribution in [2.45, 2.75) is 13.5 Å². The van der Waals surface area contributed by atoms with Crippen LogP contribution in [-0.4, -0.2) is 26.5 Å². The maximum atomic E-state index is 4.24. The maximum absolute atomic E-state index is 4.24. The van der Waals surface area contributed by atoms with Crippen LogP contribution in [0.4, 0.5) is 5.82 Å². The number of nitrogens with one attached hydrogen (secondary N) is 1. The van der Waals surface area contributed by atoms with Gasteiger partial charge in [-0.15, -0.1) is 5.10 Å². The number of anilines is 1. The molecule has 0 spiro atoms. The summed E-state index contributed by atoms with van der Waals surface area (Å²) in [6.07, 6.45) is 5.30. The first-order valence-electron chi connectivity index (χ1n) is 4.86. The molecule has 2 aromatic rings. The molecule has 0 atom stereocenters. The van der Waals surface area contributed by atoms with E-state index in [0.717, 1.165) is 24.5 Å². The molecule has 2 aromatic heterocycles. The predicted molar refractivity (Wildman–Crippen MR) is 57.5 cm³/mol. The number of pyridine rings is 1. The molecular formula is C10H13N5. The number of hydrogen-bond acceptors (Lipinski definition) is 4. The molecule has 0 amide bonds. The van der Waals surface area contributed by atoms with Gasteiger partial charge in [0.15, 0.2) is 0 Å². The van der Waals surface area contributed by atoms with Crippen molar-refractivity contribution in [3.8, 4) is 0 Å². The average Bonchev–Trinajstić information content (AvgIpc) is 2.74. The Morgan fingerprint density at radius 1 is 1.40 bits per heavy atom. The van der Waals surface area contributed by atoms with Gasteiger partial charge in [-0.1, -0.05) is 11.3 Å². The Kier molecular flexibility index (Phi) is 2.92. The van der Waals surface area contributed by atoms with E-state index in [1.807, 2.05) is 25.3 Å². The van der Waals surface area contributed by atoms with Gasteiger partial charge in [0.25, 0.3) is 0 Å². The molecule has 0 unspecified atom stereocenters. The number of aryl methyl sites for hydroxylation is 1. The highest BCUT2D eigenvalue weighted by atomic mass is 15.4. The van der Waals surface area contributed by atoms with Crippen molar-refractivity contribution in [2.75, 3.05) is 11.9 Å². The topological polar surface area (TPSA) is 55.6 Å². The van der Waals surface area contributed by atoms with E-state index in [2.05, 4.69) is 20.6 Å². The van der Waals surface area contributed by atoms with Gasteiger partial charge >= 0.3 is 0 Å². The highest BCUT2D eigenvalue weighted by Crippen LogP contribution is 2.08. The molecule has 78 valence electrons. The first-order chi connectivity index (χ1) is 7.36. The third-order valence-electron chi connectivity index (χ3n) is 2.11. The summed E-state index contributed by atoms with van der Waals surface area (Å²) in [5.74, 6) is 0.928. The molecule has 2 heterocycles. The molecule has 5 heteroatoms. The van der Waals surface area contributed by atoms with Gasteiger partial charge in [-0.3, -0.25) is 4.68 Å². The third-order valence-corrected chi connectivity index (χ3v) is 2.11. The summed E-state index contributed by atoms with van der Waals surface area (Å²) in [6.45, 7) is 3.61. The summed E-state index contributed by atoms with van der Waals surface area (Å²) in [7, 11) is 0. The predicted octanol–water partition coefficient (Wildman–Crippen LogP) is 1.09. The normalized spacial score (nSPS) is 10.2. The van der Waals surface area contributed by atoms with Crippen LogP contribution < -0.4 is 5.32 Å². The van der Waals surface area contributed by atoms with E-state index in [1.54, 1.807) is 17.1 Å². The molecule has 0 aromatic carbocycles. The van der Waals surface area contributed by atoms with E-state index in [0.29, 0.717) is 0 Å². The fraction of sp³-hybridized carbons (Fsp3) is 0.300. The van der Waals surface area contributed by atoms with Crippen molar-refractivity contribution in [3.05, 3.63) is 36.3 Å². The molecule has 5 nitrogen and oxygen atoms in total. The van der Waals surface area contributed by atoms with Crippen LogP contribution in [0.25, 0.3) is 0 Å². The minimum absolute atomic E-state index is 0.788. The Labute approximate surface area is 88.1 Å². The second-order valence-electron chi connectivity index (χ2n) is 3.26. The van der Waals surface area contributed by atoms with Gasteiger partial charge in [0.1, 0.15) is 5.82 Å². The van der Waals surface area contributed by atoms with E-state index in [1.165, 1.54) is 0 Å². The van der Waals surface area contributed by atoms with Crippen LogP contribution in [0.1, 0.15) is 5.56 Å². The van der Waals surface area contributed by atoms with Crippen molar-refractivity contribution < 1.29 is 0 Å². The molecule has 15 heavy (non-hydrogen) atoms. The molecule has 0 aliphatic rings. The fourth-order valence-electron chi connectivity index (χ4n) is 1.31. The zero-order valence-corrected chi connectivity index (χ0v) is 8.59. The van der Waals surface area contributed by atoms with Crippen LogP contribution in [0.3, 0.4) is 0 Å². The minimum Gasteiger partial charge on any atom is -0.368 e. The van der Waals surface area contributed by atoms with Crippen molar-refractivity contribution in [1.82, 2.24) is 20.0 Å². The molecule has 0 fully saturated rings. The van der Waals surface area contributed by atoms with E-state index in [9.17, 15) is 0 Å². The van der Waals surface area contributed by atoms with E-state index in [4.69, 9.17) is 0 Å². The van der Waals surface area contributed by atoms with Crippen LogP contribution in [-0.2, 0) is 6.54 Å². The summed E-state index contributed by atoms with van der Waals surface area (Å²) in [5, 5.41) is 10.9. The van der Waals surface area contributed by atoms with Crippen LogP contribution in [0, 0.1) is 6.92 Å². The molecule has 2 rings (SSSR count). The van der Waals surface area contributed by atoms with Gasteiger partial charge in [0.05, 0.1) is 12.7 Å². The lowest BCUT2D eigenvalue weighted by Gasteiger charge is -2.07. The highest BCUT2D eigenvalue weighted by Gasteiger charge is 1.97. The van der Waals surface area contributed by atoms with Gasteiger partial charge in [-0.05, 0) is 18.6 Å². The van der Waals surface area contributed by atoms with Crippen molar-refractivity contribution in [1.29, 1.82) is 0 Å². The molecule has 0 bridgehead atoms. The van der Waals surface area contributed by atoms with Gasteiger partial charge in [0.2, 0.25) is 0 Å². The molecule has 0 aliphatic carbocycles. The molecule has 0 saturated heterocycles. The van der Waals surface area contributed by atoms with E-state index < -0.39 is 0 Å². The second kappa shape index (κ2) is 4.54. The van der Waals surface area contributed by atoms with Crippen molar-refractivity contribution >= 4 is 5.82 Å². The number of nitrogens with zero attached hydrogens (tertiary/aromatic N) is 4. The monoisotopic (exact) mass is 203 g/mol. The Morgan fingerprint density at radius 3 is 3.07 bits per heavy atom. The van der Waals surface area contributed by atoms with E-state index in [-0.39, 0.29) is 0 Å². The average molecular weight is 203 g/mol. The lowest BCUT2D eigenvalue weighted by molar-refractivity contribution is 0.608.